The number of carboxylic acids is 1. The van der Waals surface area contributed by atoms with Crippen molar-refractivity contribution in [2.45, 2.75) is 18.9 Å². The molecule has 20 heavy (non-hydrogen) atoms. The van der Waals surface area contributed by atoms with Crippen LogP contribution >= 0.6 is 0 Å². The van der Waals surface area contributed by atoms with Gasteiger partial charge in [0.05, 0.1) is 18.6 Å². The van der Waals surface area contributed by atoms with Crippen molar-refractivity contribution in [3.8, 4) is 0 Å². The molecule has 0 bridgehead atoms. The van der Waals surface area contributed by atoms with Gasteiger partial charge >= 0.3 is 5.97 Å². The Balaban J connectivity index is 2.69. The van der Waals surface area contributed by atoms with Crippen LogP contribution in [0.15, 0.2) is 0 Å². The Morgan fingerprint density at radius 3 is 2.75 bits per heavy atom. The third-order valence-electron chi connectivity index (χ3n) is 3.28. The molecular weight excluding hydrogens is 288 g/mol. The molecule has 8 nitrogen and oxygen atoms in total. The molecule has 118 valence electrons. The Bertz CT molecular complexity index is 427. The molecule has 1 heterocycles. The zero-order valence-corrected chi connectivity index (χ0v) is 12.5. The van der Waals surface area contributed by atoms with E-state index >= 15 is 0 Å². The fourth-order valence-electron chi connectivity index (χ4n) is 2.19. The Hall–Kier alpha value is -0.740. The molecule has 0 aromatic heterocycles. The van der Waals surface area contributed by atoms with Gasteiger partial charge in [-0.2, -0.15) is 17.0 Å². The van der Waals surface area contributed by atoms with Gasteiger partial charge in [-0.25, -0.2) is 0 Å². The topological polar surface area (TPSA) is 107 Å². The number of aliphatic carboxylic acids is 1. The number of hydrogen-bond acceptors (Lipinski definition) is 5. The lowest BCUT2D eigenvalue weighted by atomic mass is 10.0. The van der Waals surface area contributed by atoms with E-state index in [1.165, 1.54) is 14.2 Å². The number of carboxylic acid groups (broad SMARTS) is 1. The maximum Gasteiger partial charge on any atom is 0.307 e. The summed E-state index contributed by atoms with van der Waals surface area (Å²) in [6, 6.07) is 0. The average Bonchev–Trinajstić information content (AvgIpc) is 2.38. The van der Waals surface area contributed by atoms with Crippen LogP contribution in [0.5, 0.6) is 0 Å². The van der Waals surface area contributed by atoms with E-state index in [2.05, 4.69) is 0 Å². The number of carbonyl (C=O) groups is 1. The molecule has 0 aromatic rings. The number of rotatable bonds is 7. The minimum Gasteiger partial charge on any atom is -0.481 e. The predicted octanol–water partition coefficient (Wildman–Crippen LogP) is -1.03. The molecule has 0 spiro atoms. The maximum atomic E-state index is 12.3. The van der Waals surface area contributed by atoms with Crippen molar-refractivity contribution in [3.05, 3.63) is 0 Å². The smallest absolute Gasteiger partial charge is 0.307 e. The van der Waals surface area contributed by atoms with Crippen LogP contribution in [0, 0.1) is 5.92 Å². The summed E-state index contributed by atoms with van der Waals surface area (Å²) in [6.45, 7) is 0.223. The summed E-state index contributed by atoms with van der Waals surface area (Å²) in [6.07, 6.45) is 0.0852. The number of aliphatic hydroxyl groups is 1. The van der Waals surface area contributed by atoms with Crippen molar-refractivity contribution in [1.29, 1.82) is 0 Å². The van der Waals surface area contributed by atoms with Crippen LogP contribution < -0.4 is 0 Å². The van der Waals surface area contributed by atoms with Crippen molar-refractivity contribution < 1.29 is 28.2 Å². The highest BCUT2D eigenvalue weighted by Crippen LogP contribution is 2.20. The minimum atomic E-state index is -3.75. The molecule has 0 radical (unpaired) electrons. The molecule has 1 fully saturated rings. The van der Waals surface area contributed by atoms with Crippen LogP contribution in [0.1, 0.15) is 12.8 Å². The molecule has 1 aliphatic heterocycles. The zero-order valence-electron chi connectivity index (χ0n) is 11.7. The Morgan fingerprint density at radius 2 is 2.20 bits per heavy atom. The Labute approximate surface area is 119 Å². The fraction of sp³-hybridized carbons (Fsp3) is 0.909. The fourth-order valence-corrected chi connectivity index (χ4v) is 3.67. The van der Waals surface area contributed by atoms with Crippen LogP contribution in [0.2, 0.25) is 0 Å². The Kier molecular flexibility index (Phi) is 6.34. The molecule has 0 saturated carbocycles. The van der Waals surface area contributed by atoms with Crippen LogP contribution in [0.3, 0.4) is 0 Å². The van der Waals surface area contributed by atoms with Crippen molar-refractivity contribution in [3.63, 3.8) is 0 Å². The van der Waals surface area contributed by atoms with Gasteiger partial charge in [-0.1, -0.05) is 0 Å². The zero-order chi connectivity index (χ0) is 15.3. The molecular formula is C11H22N2O6S. The standard InChI is InChI=1S/C11H22N2O6S/c1-12(7-10(14)8-19-2)20(17,18)13-5-3-4-9(6-13)11(15)16/h9-10,14H,3-8H2,1-2H3,(H,15,16). The monoisotopic (exact) mass is 310 g/mol. The van der Waals surface area contributed by atoms with Gasteiger partial charge in [0.1, 0.15) is 0 Å². The first kappa shape index (κ1) is 17.3. The minimum absolute atomic E-state index is 0.0254. The molecule has 0 aromatic carbocycles. The van der Waals surface area contributed by atoms with Gasteiger partial charge in [-0.3, -0.25) is 4.79 Å². The lowest BCUT2D eigenvalue weighted by molar-refractivity contribution is -0.142. The first-order chi connectivity index (χ1) is 9.28. The van der Waals surface area contributed by atoms with Gasteiger partial charge in [0.25, 0.3) is 10.2 Å². The number of nitrogens with zero attached hydrogens (tertiary/aromatic N) is 2. The molecule has 2 atom stereocenters. The van der Waals surface area contributed by atoms with Crippen molar-refractivity contribution in [1.82, 2.24) is 8.61 Å². The van der Waals surface area contributed by atoms with E-state index in [4.69, 9.17) is 9.84 Å². The summed E-state index contributed by atoms with van der Waals surface area (Å²) in [5.74, 6) is -1.65. The van der Waals surface area contributed by atoms with Crippen LogP contribution in [-0.2, 0) is 19.7 Å². The molecule has 2 unspecified atom stereocenters. The highest BCUT2D eigenvalue weighted by atomic mass is 32.2. The second kappa shape index (κ2) is 7.32. The molecule has 0 aliphatic carbocycles. The van der Waals surface area contributed by atoms with Crippen LogP contribution in [-0.4, -0.2) is 79.7 Å². The lowest BCUT2D eigenvalue weighted by Gasteiger charge is -2.33. The van der Waals surface area contributed by atoms with E-state index in [9.17, 15) is 18.3 Å². The number of methoxy groups -OCH3 is 1. The van der Waals surface area contributed by atoms with Crippen molar-refractivity contribution in [2.75, 3.05) is 40.4 Å². The first-order valence-electron chi connectivity index (χ1n) is 6.40. The quantitative estimate of drug-likeness (QED) is 0.622. The van der Waals surface area contributed by atoms with E-state index in [0.717, 1.165) is 8.61 Å². The van der Waals surface area contributed by atoms with Gasteiger partial charge in [-0.15, -0.1) is 0 Å². The number of likely N-dealkylation sites (N-methyl/N-ethyl adjacent to an activating group) is 1. The summed E-state index contributed by atoms with van der Waals surface area (Å²) < 4.78 is 31.5. The molecule has 1 aliphatic rings. The van der Waals surface area contributed by atoms with Crippen molar-refractivity contribution in [2.24, 2.45) is 5.92 Å². The Morgan fingerprint density at radius 1 is 1.55 bits per heavy atom. The van der Waals surface area contributed by atoms with Gasteiger partial charge < -0.3 is 14.9 Å². The normalized spacial score (nSPS) is 22.9. The van der Waals surface area contributed by atoms with E-state index in [1.807, 2.05) is 0 Å². The van der Waals surface area contributed by atoms with Gasteiger partial charge in [0.2, 0.25) is 0 Å². The second-order valence-corrected chi connectivity index (χ2v) is 6.97. The van der Waals surface area contributed by atoms with E-state index in [-0.39, 0.29) is 19.7 Å². The first-order valence-corrected chi connectivity index (χ1v) is 7.80. The van der Waals surface area contributed by atoms with Gasteiger partial charge in [0, 0.05) is 33.8 Å². The SMILES string of the molecule is COCC(O)CN(C)S(=O)(=O)N1CCCC(C(=O)O)C1. The number of hydrogen-bond donors (Lipinski definition) is 2. The second-order valence-electron chi connectivity index (χ2n) is 4.93. The van der Waals surface area contributed by atoms with Crippen molar-refractivity contribution >= 4 is 16.2 Å². The van der Waals surface area contributed by atoms with Crippen LogP contribution in [0.4, 0.5) is 0 Å². The third kappa shape index (κ3) is 4.38. The summed E-state index contributed by atoms with van der Waals surface area (Å²) in [4.78, 5) is 11.0. The summed E-state index contributed by atoms with van der Waals surface area (Å²) in [5.41, 5.74) is 0. The largest absolute Gasteiger partial charge is 0.481 e. The highest BCUT2D eigenvalue weighted by molar-refractivity contribution is 7.86. The number of piperidine rings is 1. The molecule has 9 heteroatoms. The maximum absolute atomic E-state index is 12.3. The molecule has 2 N–H and O–H groups in total. The van der Waals surface area contributed by atoms with E-state index in [1.54, 1.807) is 0 Å². The third-order valence-corrected chi connectivity index (χ3v) is 5.20. The molecule has 1 rings (SSSR count). The average molecular weight is 310 g/mol. The summed E-state index contributed by atoms with van der Waals surface area (Å²) >= 11 is 0. The van der Waals surface area contributed by atoms with E-state index in [0.29, 0.717) is 19.4 Å². The summed E-state index contributed by atoms with van der Waals surface area (Å²) in [7, 11) is -0.978. The summed E-state index contributed by atoms with van der Waals surface area (Å²) in [5, 5.41) is 18.6. The molecule has 0 amide bonds. The predicted molar refractivity (Wildman–Crippen MR) is 71.4 cm³/mol. The van der Waals surface area contributed by atoms with E-state index < -0.39 is 28.2 Å². The lowest BCUT2D eigenvalue weighted by Crippen LogP contribution is -2.49. The van der Waals surface area contributed by atoms with Gasteiger partial charge in [0.15, 0.2) is 0 Å². The molecule has 1 saturated heterocycles. The highest BCUT2D eigenvalue weighted by Gasteiger charge is 2.34. The number of aliphatic hydroxyl groups excluding tert-OH is 1. The number of ether oxygens (including phenoxy) is 1. The van der Waals surface area contributed by atoms with Crippen LogP contribution in [0.25, 0.3) is 0 Å². The van der Waals surface area contributed by atoms with Gasteiger partial charge in [-0.05, 0) is 12.8 Å².